The number of rotatable bonds is 10. The Kier molecular flexibility index (Phi) is 14.1. The van der Waals surface area contributed by atoms with E-state index in [1.54, 1.807) is 4.90 Å². The summed E-state index contributed by atoms with van der Waals surface area (Å²) in [5.74, 6) is 0.339. The highest BCUT2D eigenvalue weighted by Crippen LogP contribution is 2.42. The predicted molar refractivity (Wildman–Crippen MR) is 200 cm³/mol. The van der Waals surface area contributed by atoms with Crippen molar-refractivity contribution in [3.8, 4) is 11.8 Å². The summed E-state index contributed by atoms with van der Waals surface area (Å²) < 4.78 is 51.3. The molecule has 4 aromatic rings. The second-order valence-electron chi connectivity index (χ2n) is 13.0. The van der Waals surface area contributed by atoms with Gasteiger partial charge >= 0.3 is 6.18 Å². The van der Waals surface area contributed by atoms with E-state index in [0.717, 1.165) is 24.0 Å². The van der Waals surface area contributed by atoms with Crippen LogP contribution < -0.4 is 15.2 Å². The summed E-state index contributed by atoms with van der Waals surface area (Å²) in [6.45, 7) is 1.26. The number of carbonyl (C=O) groups excluding carboxylic acids is 1. The van der Waals surface area contributed by atoms with E-state index in [2.05, 4.69) is 54.0 Å². The monoisotopic (exact) mass is 796 g/mol. The van der Waals surface area contributed by atoms with Gasteiger partial charge in [-0.2, -0.15) is 23.1 Å². The third-order valence-electron chi connectivity index (χ3n) is 9.63. The number of methoxy groups -OCH3 is 1. The van der Waals surface area contributed by atoms with E-state index in [1.807, 2.05) is 36.4 Å². The quantitative estimate of drug-likeness (QED) is 0.211. The van der Waals surface area contributed by atoms with Crippen molar-refractivity contribution in [2.24, 2.45) is 0 Å². The lowest BCUT2D eigenvalue weighted by atomic mass is 9.81. The van der Waals surface area contributed by atoms with Crippen LogP contribution in [0.5, 0.6) is 11.8 Å². The van der Waals surface area contributed by atoms with Crippen LogP contribution in [0.1, 0.15) is 57.7 Å². The number of ether oxygens (including phenoxy) is 2. The van der Waals surface area contributed by atoms with Gasteiger partial charge in [-0.3, -0.25) is 14.6 Å². The average Bonchev–Trinajstić information content (AvgIpc) is 3.97. The third-order valence-corrected chi connectivity index (χ3v) is 9.63. The summed E-state index contributed by atoms with van der Waals surface area (Å²) in [5, 5.41) is 0. The molecule has 2 atom stereocenters. The number of hydrogen-bond donors (Lipinski definition) is 1. The van der Waals surface area contributed by atoms with Gasteiger partial charge in [-0.05, 0) is 24.0 Å². The smallest absolute Gasteiger partial charge is 0.422 e. The van der Waals surface area contributed by atoms with Crippen LogP contribution in [0.3, 0.4) is 0 Å². The molecule has 53 heavy (non-hydrogen) atoms. The van der Waals surface area contributed by atoms with E-state index in [1.165, 1.54) is 19.5 Å². The molecule has 2 aliphatic heterocycles. The van der Waals surface area contributed by atoms with Crippen molar-refractivity contribution in [3.63, 3.8) is 0 Å². The lowest BCUT2D eigenvalue weighted by Crippen LogP contribution is -2.67. The van der Waals surface area contributed by atoms with Crippen molar-refractivity contribution in [1.82, 2.24) is 34.6 Å². The minimum absolute atomic E-state index is 0. The number of hydrogen-bond acceptors (Lipinski definition) is 10. The first-order chi connectivity index (χ1) is 24.2. The molecule has 1 amide bonds. The Balaban J connectivity index is 0.00000209. The van der Waals surface area contributed by atoms with Gasteiger partial charge in [0.05, 0.1) is 12.7 Å². The van der Waals surface area contributed by atoms with Crippen molar-refractivity contribution in [3.05, 3.63) is 101 Å². The maximum atomic E-state index is 13.7. The summed E-state index contributed by atoms with van der Waals surface area (Å²) in [6, 6.07) is 20.4. The maximum absolute atomic E-state index is 13.7. The molecule has 2 N–H and O–H groups in total. The number of nitrogen functional groups attached to an aromatic ring is 1. The average molecular weight is 798 g/mol. The Labute approximate surface area is 324 Å². The van der Waals surface area contributed by atoms with Crippen LogP contribution in [0.15, 0.2) is 73.1 Å². The molecule has 1 saturated carbocycles. The lowest BCUT2D eigenvalue weighted by molar-refractivity contribution is -0.154. The molecule has 0 unspecified atom stereocenters. The number of nitrogens with zero attached hydrogens (tertiary/aromatic N) is 7. The van der Waals surface area contributed by atoms with Gasteiger partial charge in [-0.1, -0.05) is 60.7 Å². The number of anilines is 1. The largest absolute Gasteiger partial charge is 0.481 e. The van der Waals surface area contributed by atoms with Gasteiger partial charge in [0.2, 0.25) is 11.8 Å². The number of nitrogens with two attached hydrogens (primary N) is 1. The van der Waals surface area contributed by atoms with Gasteiger partial charge in [0.15, 0.2) is 18.1 Å². The van der Waals surface area contributed by atoms with Crippen molar-refractivity contribution >= 4 is 48.9 Å². The molecule has 3 fully saturated rings. The molecule has 2 aromatic carbocycles. The highest BCUT2D eigenvalue weighted by molar-refractivity contribution is 5.96. The number of amides is 1. The van der Waals surface area contributed by atoms with E-state index in [9.17, 15) is 18.0 Å². The van der Waals surface area contributed by atoms with Crippen LogP contribution in [-0.4, -0.2) is 105 Å². The molecule has 0 spiro atoms. The normalized spacial score (nSPS) is 18.9. The van der Waals surface area contributed by atoms with Crippen LogP contribution in [0.25, 0.3) is 0 Å². The van der Waals surface area contributed by atoms with Crippen molar-refractivity contribution in [2.75, 3.05) is 52.2 Å². The van der Waals surface area contributed by atoms with E-state index in [4.69, 9.17) is 15.2 Å². The van der Waals surface area contributed by atoms with Gasteiger partial charge < -0.3 is 20.1 Å². The standard InChI is InChI=1S/C36H39F3N8O3.3ClH/c1-49-33-27(34(50-22-36(37,38)39)44-32(43-33)25-12-13-25)20-45-18-26-19-46(35(48)30-31(40)42-15-14-41-30)16-17-47(26)28(21-45)29(23-8-4-2-5-9-23)24-10-6-3-7-11-24;;;/h2-11,14-15,25-26,28-29H,12-13,16-22H2,1H3,(H2,40,42);3*1H/t26-,28+;;;/m1.../s1. The van der Waals surface area contributed by atoms with Gasteiger partial charge in [-0.15, -0.1) is 37.2 Å². The van der Waals surface area contributed by atoms with Crippen LogP contribution >= 0.6 is 37.2 Å². The maximum Gasteiger partial charge on any atom is 0.422 e. The summed E-state index contributed by atoms with van der Waals surface area (Å²) in [6.07, 6.45) is 0.0769. The first kappa shape index (κ1) is 41.8. The molecule has 286 valence electrons. The SMILES string of the molecule is COc1nc(C2CC2)nc(OCC(F)(F)F)c1CN1C[C@@H]2CN(C(=O)c3nccnc3N)CCN2[C@H](C(c2ccccc2)c2ccccc2)C1.Cl.Cl.Cl. The zero-order valence-corrected chi connectivity index (χ0v) is 31.3. The summed E-state index contributed by atoms with van der Waals surface area (Å²) in [7, 11) is 1.46. The second-order valence-corrected chi connectivity index (χ2v) is 13.0. The molecule has 7 rings (SSSR count). The van der Waals surface area contributed by atoms with Crippen molar-refractivity contribution in [2.45, 2.75) is 49.5 Å². The molecule has 4 heterocycles. The number of piperazine rings is 2. The Morgan fingerprint density at radius 3 is 2.09 bits per heavy atom. The molecular formula is C36H42Cl3F3N8O3. The summed E-state index contributed by atoms with van der Waals surface area (Å²) in [4.78, 5) is 37.5. The minimum Gasteiger partial charge on any atom is -0.481 e. The first-order valence-corrected chi connectivity index (χ1v) is 16.8. The Morgan fingerprint density at radius 1 is 0.887 bits per heavy atom. The molecule has 1 aliphatic carbocycles. The topological polar surface area (TPSA) is 123 Å². The lowest BCUT2D eigenvalue weighted by Gasteiger charge is -2.53. The first-order valence-electron chi connectivity index (χ1n) is 16.8. The van der Waals surface area contributed by atoms with Gasteiger partial charge in [-0.25, -0.2) is 9.97 Å². The molecule has 2 aromatic heterocycles. The Bertz CT molecular complexity index is 1770. The molecule has 3 aliphatic rings. The van der Waals surface area contributed by atoms with E-state index in [-0.39, 0.29) is 96.9 Å². The zero-order valence-electron chi connectivity index (χ0n) is 28.9. The number of fused-ring (bicyclic) bond motifs is 1. The van der Waals surface area contributed by atoms with Crippen LogP contribution in [0, 0.1) is 0 Å². The zero-order chi connectivity index (χ0) is 34.8. The van der Waals surface area contributed by atoms with Crippen LogP contribution in [0.4, 0.5) is 19.0 Å². The highest BCUT2D eigenvalue weighted by Gasteiger charge is 2.44. The van der Waals surface area contributed by atoms with Crippen molar-refractivity contribution < 1.29 is 27.4 Å². The predicted octanol–water partition coefficient (Wildman–Crippen LogP) is 5.78. The van der Waals surface area contributed by atoms with E-state index < -0.39 is 12.8 Å². The number of alkyl halides is 3. The van der Waals surface area contributed by atoms with E-state index in [0.29, 0.717) is 44.1 Å². The fraction of sp³-hybridized carbons (Fsp3) is 0.417. The number of carbonyl (C=O) groups is 1. The number of halogens is 6. The van der Waals surface area contributed by atoms with Gasteiger partial charge in [0.25, 0.3) is 5.91 Å². The third kappa shape index (κ3) is 9.60. The minimum atomic E-state index is -4.55. The van der Waals surface area contributed by atoms with Gasteiger partial charge in [0.1, 0.15) is 5.82 Å². The van der Waals surface area contributed by atoms with Crippen molar-refractivity contribution in [1.29, 1.82) is 0 Å². The fourth-order valence-corrected chi connectivity index (χ4v) is 7.22. The highest BCUT2D eigenvalue weighted by atomic mass is 35.5. The molecule has 2 saturated heterocycles. The Morgan fingerprint density at radius 2 is 1.51 bits per heavy atom. The molecule has 11 nitrogen and oxygen atoms in total. The number of aromatic nitrogens is 4. The van der Waals surface area contributed by atoms with E-state index >= 15 is 0 Å². The molecule has 0 bridgehead atoms. The number of benzene rings is 2. The summed E-state index contributed by atoms with van der Waals surface area (Å²) >= 11 is 0. The molecule has 0 radical (unpaired) electrons. The van der Waals surface area contributed by atoms with Crippen LogP contribution in [0.2, 0.25) is 0 Å². The fourth-order valence-electron chi connectivity index (χ4n) is 7.22. The van der Waals surface area contributed by atoms with Crippen LogP contribution in [-0.2, 0) is 6.54 Å². The molecular weight excluding hydrogens is 756 g/mol. The van der Waals surface area contributed by atoms with Gasteiger partial charge in [0, 0.05) is 75.6 Å². The summed E-state index contributed by atoms with van der Waals surface area (Å²) in [5.41, 5.74) is 8.79. The second kappa shape index (κ2) is 17.9. The Hall–Kier alpha value is -3.95. The molecule has 17 heteroatoms.